The average Bonchev–Trinajstić information content (AvgIpc) is 3.11. The highest BCUT2D eigenvalue weighted by molar-refractivity contribution is 9.10. The molecule has 0 unspecified atom stereocenters. The van der Waals surface area contributed by atoms with Gasteiger partial charge in [-0.15, -0.1) is 0 Å². The van der Waals surface area contributed by atoms with E-state index in [-0.39, 0.29) is 5.56 Å². The number of carbonyl (C=O) groups is 1. The van der Waals surface area contributed by atoms with Crippen LogP contribution in [-0.2, 0) is 0 Å². The Morgan fingerprint density at radius 2 is 1.72 bits per heavy atom. The topological polar surface area (TPSA) is 63.3 Å². The lowest BCUT2D eigenvalue weighted by Gasteiger charge is -2.06. The van der Waals surface area contributed by atoms with Gasteiger partial charge in [0.05, 0.1) is 11.1 Å². The van der Waals surface area contributed by atoms with Gasteiger partial charge in [-0.05, 0) is 36.4 Å². The second-order valence-electron chi connectivity index (χ2n) is 5.55. The number of carboxylic acids is 1. The lowest BCUT2D eigenvalue weighted by Crippen LogP contribution is -2.00. The van der Waals surface area contributed by atoms with Gasteiger partial charge in [-0.1, -0.05) is 46.3 Å². The van der Waals surface area contributed by atoms with Crippen molar-refractivity contribution in [3.8, 4) is 22.8 Å². The molecular weight excluding hydrogens is 382 g/mol. The number of pyridine rings is 1. The number of hydrogen-bond acceptors (Lipinski definition) is 3. The number of carboxylic acid groups (broad SMARTS) is 1. The summed E-state index contributed by atoms with van der Waals surface area (Å²) in [5.41, 5.74) is 2.25. The smallest absolute Gasteiger partial charge is 0.336 e. The zero-order valence-electron chi connectivity index (χ0n) is 12.9. The lowest BCUT2D eigenvalue weighted by molar-refractivity contribution is 0.0699. The average molecular weight is 394 g/mol. The van der Waals surface area contributed by atoms with Gasteiger partial charge in [-0.2, -0.15) is 0 Å². The zero-order chi connectivity index (χ0) is 17.4. The van der Waals surface area contributed by atoms with Crippen LogP contribution in [0.1, 0.15) is 10.4 Å². The highest BCUT2D eigenvalue weighted by Crippen LogP contribution is 2.31. The number of hydrogen-bond donors (Lipinski definition) is 1. The molecule has 2 aromatic heterocycles. The predicted molar refractivity (Wildman–Crippen MR) is 99.5 cm³/mol. The van der Waals surface area contributed by atoms with Crippen LogP contribution in [0.5, 0.6) is 0 Å². The Balaban J connectivity index is 1.86. The van der Waals surface area contributed by atoms with Crippen LogP contribution in [0.3, 0.4) is 0 Å². The molecule has 5 heteroatoms. The molecule has 0 saturated heterocycles. The van der Waals surface area contributed by atoms with Gasteiger partial charge < -0.3 is 9.52 Å². The molecule has 0 saturated carbocycles. The van der Waals surface area contributed by atoms with Crippen LogP contribution in [-0.4, -0.2) is 16.1 Å². The van der Waals surface area contributed by atoms with Gasteiger partial charge in [0.2, 0.25) is 0 Å². The molecule has 1 N–H and O–H groups in total. The maximum Gasteiger partial charge on any atom is 0.336 e. The first-order chi connectivity index (χ1) is 12.1. The fraction of sp³-hybridized carbons (Fsp3) is 0. The van der Waals surface area contributed by atoms with Crippen molar-refractivity contribution >= 4 is 32.8 Å². The minimum Gasteiger partial charge on any atom is -0.478 e. The van der Waals surface area contributed by atoms with Gasteiger partial charge in [0, 0.05) is 15.4 Å². The molecule has 4 nitrogen and oxygen atoms in total. The van der Waals surface area contributed by atoms with E-state index in [9.17, 15) is 9.90 Å². The molecule has 4 aromatic rings. The summed E-state index contributed by atoms with van der Waals surface area (Å²) >= 11 is 3.37. The Kier molecular flexibility index (Phi) is 3.86. The number of nitrogens with zero attached hydrogens (tertiary/aromatic N) is 1. The minimum atomic E-state index is -0.999. The van der Waals surface area contributed by atoms with Crippen LogP contribution >= 0.6 is 15.9 Å². The molecule has 2 heterocycles. The summed E-state index contributed by atoms with van der Waals surface area (Å²) in [5, 5.41) is 10.1. The molecule has 0 aliphatic carbocycles. The monoisotopic (exact) mass is 393 g/mol. The highest BCUT2D eigenvalue weighted by Gasteiger charge is 2.15. The van der Waals surface area contributed by atoms with Crippen LogP contribution in [0.4, 0.5) is 0 Å². The molecule has 4 rings (SSSR count). The Morgan fingerprint density at radius 3 is 2.48 bits per heavy atom. The van der Waals surface area contributed by atoms with Gasteiger partial charge in [-0.25, -0.2) is 9.78 Å². The van der Waals surface area contributed by atoms with Crippen molar-refractivity contribution < 1.29 is 14.3 Å². The van der Waals surface area contributed by atoms with Crippen molar-refractivity contribution in [2.24, 2.45) is 0 Å². The molecule has 122 valence electrons. The summed E-state index contributed by atoms with van der Waals surface area (Å²) < 4.78 is 6.71. The van der Waals surface area contributed by atoms with Gasteiger partial charge in [0.15, 0.2) is 5.76 Å². The first-order valence-electron chi connectivity index (χ1n) is 7.61. The molecular formula is C20H12BrNO3. The van der Waals surface area contributed by atoms with E-state index < -0.39 is 5.97 Å². The summed E-state index contributed by atoms with van der Waals surface area (Å²) in [6, 6.07) is 20.3. The van der Waals surface area contributed by atoms with Gasteiger partial charge >= 0.3 is 5.97 Å². The molecule has 0 radical (unpaired) electrons. The third-order valence-electron chi connectivity index (χ3n) is 3.92. The van der Waals surface area contributed by atoms with Crippen LogP contribution in [0.15, 0.2) is 75.6 Å². The predicted octanol–water partition coefficient (Wildman–Crippen LogP) is 5.62. The Labute approximate surface area is 151 Å². The lowest BCUT2D eigenvalue weighted by atomic mass is 10.1. The minimum absolute atomic E-state index is 0.193. The fourth-order valence-corrected chi connectivity index (χ4v) is 3.10. The maximum atomic E-state index is 11.7. The third kappa shape index (κ3) is 2.94. The number of halogens is 1. The summed E-state index contributed by atoms with van der Waals surface area (Å²) in [7, 11) is 0. The van der Waals surface area contributed by atoms with E-state index in [4.69, 9.17) is 4.42 Å². The van der Waals surface area contributed by atoms with Crippen molar-refractivity contribution in [3.63, 3.8) is 0 Å². The summed E-state index contributed by atoms with van der Waals surface area (Å²) in [6.45, 7) is 0. The molecule has 0 aliphatic heterocycles. The third-order valence-corrected chi connectivity index (χ3v) is 4.41. The van der Waals surface area contributed by atoms with Crippen molar-refractivity contribution in [1.82, 2.24) is 4.98 Å². The molecule has 0 aliphatic rings. The van der Waals surface area contributed by atoms with E-state index in [2.05, 4.69) is 20.9 Å². The Morgan fingerprint density at radius 1 is 0.960 bits per heavy atom. The SMILES string of the molecule is O=C(O)c1cc(-c2ccc(-c3ccccc3)o2)nc2ccc(Br)cc12. The van der Waals surface area contributed by atoms with Crippen LogP contribution in [0.2, 0.25) is 0 Å². The van der Waals surface area contributed by atoms with Crippen LogP contribution in [0, 0.1) is 0 Å². The fourth-order valence-electron chi connectivity index (χ4n) is 2.73. The van der Waals surface area contributed by atoms with Crippen LogP contribution in [0.25, 0.3) is 33.7 Å². The first-order valence-corrected chi connectivity index (χ1v) is 8.40. The van der Waals surface area contributed by atoms with E-state index in [1.54, 1.807) is 24.3 Å². The van der Waals surface area contributed by atoms with Gasteiger partial charge in [0.1, 0.15) is 11.5 Å². The van der Waals surface area contributed by atoms with Crippen molar-refractivity contribution in [2.75, 3.05) is 0 Å². The molecule has 0 bridgehead atoms. The standard InChI is InChI=1S/C20H12BrNO3/c21-13-6-7-16-14(10-13)15(20(23)24)11-17(22-16)19-9-8-18(25-19)12-4-2-1-3-5-12/h1-11H,(H,23,24). The quantitative estimate of drug-likeness (QED) is 0.490. The van der Waals surface area contributed by atoms with E-state index in [0.29, 0.717) is 28.1 Å². The van der Waals surface area contributed by atoms with E-state index >= 15 is 0 Å². The second-order valence-corrected chi connectivity index (χ2v) is 6.47. The Bertz CT molecular complexity index is 1090. The van der Waals surface area contributed by atoms with Crippen molar-refractivity contribution in [1.29, 1.82) is 0 Å². The number of rotatable bonds is 3. The number of benzene rings is 2. The first kappa shape index (κ1) is 15.6. The van der Waals surface area contributed by atoms with E-state index in [0.717, 1.165) is 10.0 Å². The summed E-state index contributed by atoms with van der Waals surface area (Å²) in [5.74, 6) is 0.248. The highest BCUT2D eigenvalue weighted by atomic mass is 79.9. The van der Waals surface area contributed by atoms with Crippen molar-refractivity contribution in [3.05, 3.63) is 76.8 Å². The van der Waals surface area contributed by atoms with Gasteiger partial charge in [0.25, 0.3) is 0 Å². The Hall–Kier alpha value is -2.92. The number of furan rings is 1. The van der Waals surface area contributed by atoms with Crippen LogP contribution < -0.4 is 0 Å². The zero-order valence-corrected chi connectivity index (χ0v) is 14.5. The molecule has 25 heavy (non-hydrogen) atoms. The summed E-state index contributed by atoms with van der Waals surface area (Å²) in [6.07, 6.45) is 0. The number of fused-ring (bicyclic) bond motifs is 1. The number of aromatic carboxylic acids is 1. The molecule has 2 aromatic carbocycles. The normalized spacial score (nSPS) is 10.9. The van der Waals surface area contributed by atoms with Gasteiger partial charge in [-0.3, -0.25) is 0 Å². The summed E-state index contributed by atoms with van der Waals surface area (Å²) in [4.78, 5) is 16.2. The number of aromatic nitrogens is 1. The van der Waals surface area contributed by atoms with E-state index in [1.807, 2.05) is 42.5 Å². The molecule has 0 amide bonds. The largest absolute Gasteiger partial charge is 0.478 e. The van der Waals surface area contributed by atoms with Crippen molar-refractivity contribution in [2.45, 2.75) is 0 Å². The van der Waals surface area contributed by atoms with E-state index in [1.165, 1.54) is 0 Å². The molecule has 0 fully saturated rings. The second kappa shape index (κ2) is 6.18. The maximum absolute atomic E-state index is 11.7. The molecule has 0 atom stereocenters. The molecule has 0 spiro atoms.